The molecule has 0 aromatic carbocycles. The van der Waals surface area contributed by atoms with Crippen LogP contribution in [0.3, 0.4) is 0 Å². The number of halogens is 1. The lowest BCUT2D eigenvalue weighted by molar-refractivity contribution is 0.0928. The van der Waals surface area contributed by atoms with Crippen molar-refractivity contribution in [2.75, 3.05) is 5.32 Å². The van der Waals surface area contributed by atoms with E-state index in [0.717, 1.165) is 52.1 Å². The summed E-state index contributed by atoms with van der Waals surface area (Å²) in [5.74, 6) is 3.87. The maximum absolute atomic E-state index is 6.17. The number of rotatable bonds is 4. The number of aromatic nitrogens is 5. The third-order valence-corrected chi connectivity index (χ3v) is 8.06. The van der Waals surface area contributed by atoms with E-state index >= 15 is 0 Å². The molecule has 3 heterocycles. The Morgan fingerprint density at radius 2 is 1.88 bits per heavy atom. The van der Waals surface area contributed by atoms with Gasteiger partial charge in [0.15, 0.2) is 5.82 Å². The lowest BCUT2D eigenvalue weighted by Crippen LogP contribution is -2.47. The summed E-state index contributed by atoms with van der Waals surface area (Å²) in [6.45, 7) is 6.79. The van der Waals surface area contributed by atoms with Crippen LogP contribution in [-0.2, 0) is 6.42 Å². The lowest BCUT2D eigenvalue weighted by Gasteiger charge is -2.47. The largest absolute Gasteiger partial charge is 0.366 e. The monoisotopic (exact) mass is 448 g/mol. The topological polar surface area (TPSA) is 68.5 Å². The molecule has 7 rings (SSSR count). The molecule has 4 aliphatic carbocycles. The molecule has 3 aromatic rings. The Morgan fingerprint density at radius 1 is 1.09 bits per heavy atom. The van der Waals surface area contributed by atoms with Gasteiger partial charge in [-0.3, -0.25) is 4.98 Å². The highest BCUT2D eigenvalue weighted by molar-refractivity contribution is 6.29. The van der Waals surface area contributed by atoms with Gasteiger partial charge in [-0.2, -0.15) is 0 Å². The number of fused-ring (bicyclic) bond motifs is 5. The van der Waals surface area contributed by atoms with Crippen molar-refractivity contribution < 1.29 is 0 Å². The van der Waals surface area contributed by atoms with Gasteiger partial charge in [-0.1, -0.05) is 24.6 Å². The minimum atomic E-state index is 0.312. The van der Waals surface area contributed by atoms with Gasteiger partial charge in [-0.05, 0) is 63.4 Å². The zero-order chi connectivity index (χ0) is 22.0. The second-order valence-corrected chi connectivity index (χ2v) is 10.4. The average molecular weight is 449 g/mol. The normalized spacial score (nSPS) is 26.6. The number of hydrogen-bond donors (Lipinski definition) is 1. The summed E-state index contributed by atoms with van der Waals surface area (Å²) in [7, 11) is 0. The van der Waals surface area contributed by atoms with Crippen molar-refractivity contribution in [2.45, 2.75) is 65.0 Å². The molecule has 3 saturated carbocycles. The van der Waals surface area contributed by atoms with E-state index in [1.165, 1.54) is 25.7 Å². The van der Waals surface area contributed by atoms with Gasteiger partial charge in [0, 0.05) is 30.3 Å². The van der Waals surface area contributed by atoms with E-state index in [-0.39, 0.29) is 0 Å². The predicted molar refractivity (Wildman–Crippen MR) is 128 cm³/mol. The van der Waals surface area contributed by atoms with Gasteiger partial charge < -0.3 is 9.88 Å². The molecule has 0 unspecified atom stereocenters. The molecule has 3 aromatic heterocycles. The molecule has 0 amide bonds. The van der Waals surface area contributed by atoms with E-state index in [2.05, 4.69) is 59.0 Å². The first-order valence-electron chi connectivity index (χ1n) is 11.9. The quantitative estimate of drug-likeness (QED) is 0.556. The fraction of sp³-hybridized carbons (Fsp3) is 0.520. The molecule has 2 atom stereocenters. The van der Waals surface area contributed by atoms with E-state index in [1.54, 1.807) is 6.20 Å². The molecule has 0 spiro atoms. The van der Waals surface area contributed by atoms with E-state index < -0.39 is 0 Å². The standard InChI is InChI=1S/C25H29ClN6/c1-13(2)32-11-10-18-24(29-21-14(3)15-4-6-16(21)7-5-15)30-23(31-25(18)32)17-8-9-19-22(17)28-20(26)12-27-19/h8,10-16,21H,4-7,9H2,1-3H3,(H,29,30,31)/t14-,15?,16?,21+/m0/s1. The first-order chi connectivity index (χ1) is 15.5. The predicted octanol–water partition coefficient (Wildman–Crippen LogP) is 5.68. The molecule has 166 valence electrons. The molecule has 4 aliphatic rings. The summed E-state index contributed by atoms with van der Waals surface area (Å²) in [4.78, 5) is 19.1. The molecule has 0 saturated heterocycles. The van der Waals surface area contributed by atoms with Gasteiger partial charge in [0.05, 0.1) is 23.0 Å². The number of nitrogens with one attached hydrogen (secondary N) is 1. The summed E-state index contributed by atoms with van der Waals surface area (Å²) >= 11 is 6.17. The minimum absolute atomic E-state index is 0.312. The first kappa shape index (κ1) is 20.2. The second kappa shape index (κ2) is 7.55. The zero-order valence-corrected chi connectivity index (χ0v) is 19.6. The van der Waals surface area contributed by atoms with Crippen LogP contribution in [0.5, 0.6) is 0 Å². The van der Waals surface area contributed by atoms with Gasteiger partial charge in [0.25, 0.3) is 0 Å². The molecule has 0 aliphatic heterocycles. The molecule has 2 bridgehead atoms. The lowest BCUT2D eigenvalue weighted by atomic mass is 9.62. The zero-order valence-electron chi connectivity index (χ0n) is 18.8. The van der Waals surface area contributed by atoms with E-state index in [9.17, 15) is 0 Å². The van der Waals surface area contributed by atoms with Crippen molar-refractivity contribution in [3.05, 3.63) is 46.9 Å². The third kappa shape index (κ3) is 3.14. The van der Waals surface area contributed by atoms with Crippen molar-refractivity contribution >= 4 is 34.0 Å². The van der Waals surface area contributed by atoms with Crippen LogP contribution in [0.1, 0.15) is 69.7 Å². The van der Waals surface area contributed by atoms with Gasteiger partial charge in [-0.15, -0.1) is 0 Å². The van der Waals surface area contributed by atoms with Crippen molar-refractivity contribution in [2.24, 2.45) is 17.8 Å². The van der Waals surface area contributed by atoms with Crippen molar-refractivity contribution in [3.8, 4) is 0 Å². The van der Waals surface area contributed by atoms with Crippen LogP contribution in [0.15, 0.2) is 24.5 Å². The van der Waals surface area contributed by atoms with Gasteiger partial charge in [0.2, 0.25) is 0 Å². The van der Waals surface area contributed by atoms with Crippen LogP contribution in [0.25, 0.3) is 16.6 Å². The fourth-order valence-electron chi connectivity index (χ4n) is 6.09. The Labute approximate surface area is 193 Å². The number of anilines is 1. The first-order valence-corrected chi connectivity index (χ1v) is 12.2. The molecule has 32 heavy (non-hydrogen) atoms. The Bertz CT molecular complexity index is 1220. The van der Waals surface area contributed by atoms with E-state index in [4.69, 9.17) is 21.6 Å². The SMILES string of the molecule is CC(C)n1ccc2c(N[C@H]3C4CCC(CC4)[C@@H]3C)nc(C3=CCc4ncc(Cl)nc43)nc21. The molecule has 3 fully saturated rings. The van der Waals surface area contributed by atoms with Gasteiger partial charge in [-0.25, -0.2) is 15.0 Å². The summed E-state index contributed by atoms with van der Waals surface area (Å²) in [6.07, 6.45) is 12.0. The molecular weight excluding hydrogens is 420 g/mol. The Morgan fingerprint density at radius 3 is 2.62 bits per heavy atom. The number of hydrogen-bond acceptors (Lipinski definition) is 5. The summed E-state index contributed by atoms with van der Waals surface area (Å²) in [5, 5.41) is 5.39. The third-order valence-electron chi connectivity index (χ3n) is 7.88. The van der Waals surface area contributed by atoms with Crippen molar-refractivity contribution in [1.82, 2.24) is 24.5 Å². The summed E-state index contributed by atoms with van der Waals surface area (Å²) in [6, 6.07) is 2.93. The summed E-state index contributed by atoms with van der Waals surface area (Å²) < 4.78 is 2.22. The molecular formula is C25H29ClN6. The number of allylic oxidation sites excluding steroid dienone is 1. The smallest absolute Gasteiger partial charge is 0.165 e. The van der Waals surface area contributed by atoms with Crippen LogP contribution < -0.4 is 5.32 Å². The van der Waals surface area contributed by atoms with Gasteiger partial charge in [0.1, 0.15) is 16.6 Å². The Hall–Kier alpha value is -2.47. The highest BCUT2D eigenvalue weighted by atomic mass is 35.5. The van der Waals surface area contributed by atoms with Crippen LogP contribution in [0, 0.1) is 17.8 Å². The molecule has 0 radical (unpaired) electrons. The van der Waals surface area contributed by atoms with Crippen LogP contribution in [0.4, 0.5) is 5.82 Å². The van der Waals surface area contributed by atoms with Crippen LogP contribution >= 0.6 is 11.6 Å². The van der Waals surface area contributed by atoms with Crippen LogP contribution in [0.2, 0.25) is 5.15 Å². The van der Waals surface area contributed by atoms with E-state index in [1.807, 2.05) is 0 Å². The highest BCUT2D eigenvalue weighted by Gasteiger charge is 2.41. The second-order valence-electron chi connectivity index (χ2n) is 9.96. The molecule has 1 N–H and O–H groups in total. The fourth-order valence-corrected chi connectivity index (χ4v) is 6.22. The summed E-state index contributed by atoms with van der Waals surface area (Å²) in [5.41, 5.74) is 3.62. The maximum atomic E-state index is 6.17. The Balaban J connectivity index is 1.47. The molecule has 6 nitrogen and oxygen atoms in total. The maximum Gasteiger partial charge on any atom is 0.165 e. The van der Waals surface area contributed by atoms with Crippen LogP contribution in [-0.4, -0.2) is 30.5 Å². The van der Waals surface area contributed by atoms with Gasteiger partial charge >= 0.3 is 0 Å². The molecule has 7 heteroatoms. The van der Waals surface area contributed by atoms with E-state index in [0.29, 0.717) is 29.0 Å². The van der Waals surface area contributed by atoms with Crippen molar-refractivity contribution in [1.29, 1.82) is 0 Å². The average Bonchev–Trinajstić information content (AvgIpc) is 3.40. The minimum Gasteiger partial charge on any atom is -0.366 e. The highest BCUT2D eigenvalue weighted by Crippen LogP contribution is 2.46. The number of nitrogens with zero attached hydrogens (tertiary/aromatic N) is 5. The Kier molecular flexibility index (Phi) is 4.75. The van der Waals surface area contributed by atoms with Crippen molar-refractivity contribution in [3.63, 3.8) is 0 Å².